The Morgan fingerprint density at radius 1 is 1.38 bits per heavy atom. The molecule has 4 nitrogen and oxygen atoms in total. The number of carbonyl (C=O) groups is 2. The molecule has 112 valence electrons. The van der Waals surface area contributed by atoms with Crippen molar-refractivity contribution in [1.29, 1.82) is 0 Å². The van der Waals surface area contributed by atoms with E-state index >= 15 is 0 Å². The van der Waals surface area contributed by atoms with Crippen molar-refractivity contribution in [3.63, 3.8) is 0 Å². The van der Waals surface area contributed by atoms with Gasteiger partial charge in [-0.3, -0.25) is 9.59 Å². The normalized spacial score (nSPS) is 23.3. The maximum Gasteiger partial charge on any atom is 0.230 e. The summed E-state index contributed by atoms with van der Waals surface area (Å²) in [5.41, 5.74) is 1.95. The van der Waals surface area contributed by atoms with Crippen LogP contribution in [0.3, 0.4) is 0 Å². The molecular weight excluding hydrogens is 264 g/mol. The van der Waals surface area contributed by atoms with Gasteiger partial charge >= 0.3 is 0 Å². The van der Waals surface area contributed by atoms with Crippen LogP contribution in [0.15, 0.2) is 24.3 Å². The molecule has 1 unspecified atom stereocenters. The van der Waals surface area contributed by atoms with Crippen LogP contribution >= 0.6 is 0 Å². The first-order valence-corrected chi connectivity index (χ1v) is 7.75. The highest BCUT2D eigenvalue weighted by atomic mass is 16.2. The molecular formula is C17H22N2O2. The highest BCUT2D eigenvalue weighted by Gasteiger charge is 2.51. The quantitative estimate of drug-likeness (QED) is 0.884. The van der Waals surface area contributed by atoms with Gasteiger partial charge in [0.15, 0.2) is 0 Å². The first-order valence-electron chi connectivity index (χ1n) is 7.75. The Morgan fingerprint density at radius 2 is 2.14 bits per heavy atom. The third-order valence-electron chi connectivity index (χ3n) is 4.75. The summed E-state index contributed by atoms with van der Waals surface area (Å²) < 4.78 is 0. The number of nitrogens with one attached hydrogen (secondary N) is 2. The largest absolute Gasteiger partial charge is 0.356 e. The molecule has 2 fully saturated rings. The molecule has 1 atom stereocenters. The number of benzene rings is 1. The summed E-state index contributed by atoms with van der Waals surface area (Å²) in [6.07, 6.45) is 3.67. The number of aryl methyl sites for hydroxylation is 1. The molecule has 1 saturated carbocycles. The number of carbonyl (C=O) groups excluding carboxylic acids is 2. The first-order chi connectivity index (χ1) is 10.1. The number of piperidine rings is 1. The van der Waals surface area contributed by atoms with Crippen molar-refractivity contribution in [2.75, 3.05) is 13.1 Å². The molecule has 1 saturated heterocycles. The maximum atomic E-state index is 12.6. The molecule has 2 N–H and O–H groups in total. The second kappa shape index (κ2) is 5.51. The molecule has 2 aliphatic rings. The van der Waals surface area contributed by atoms with Gasteiger partial charge < -0.3 is 10.6 Å². The molecule has 1 aliphatic heterocycles. The Balaban J connectivity index is 1.65. The highest BCUT2D eigenvalue weighted by Crippen LogP contribution is 2.49. The lowest BCUT2D eigenvalue weighted by Crippen LogP contribution is -2.45. The van der Waals surface area contributed by atoms with Crippen molar-refractivity contribution >= 4 is 11.8 Å². The van der Waals surface area contributed by atoms with E-state index in [4.69, 9.17) is 0 Å². The average molecular weight is 286 g/mol. The summed E-state index contributed by atoms with van der Waals surface area (Å²) in [7, 11) is 0. The van der Waals surface area contributed by atoms with Gasteiger partial charge in [0.2, 0.25) is 11.8 Å². The van der Waals surface area contributed by atoms with E-state index in [1.54, 1.807) is 0 Å². The molecule has 1 aromatic carbocycles. The Bertz CT molecular complexity index is 564. The Labute approximate surface area is 125 Å². The number of amides is 2. The highest BCUT2D eigenvalue weighted by molar-refractivity contribution is 5.92. The lowest BCUT2D eigenvalue weighted by Gasteiger charge is -2.24. The molecule has 0 bridgehead atoms. The average Bonchev–Trinajstić information content (AvgIpc) is 3.28. The Morgan fingerprint density at radius 3 is 2.81 bits per heavy atom. The van der Waals surface area contributed by atoms with Crippen LogP contribution in [0, 0.1) is 12.8 Å². The van der Waals surface area contributed by atoms with Crippen molar-refractivity contribution in [1.82, 2.24) is 10.6 Å². The van der Waals surface area contributed by atoms with Crippen LogP contribution < -0.4 is 10.6 Å². The van der Waals surface area contributed by atoms with E-state index in [0.717, 1.165) is 37.8 Å². The summed E-state index contributed by atoms with van der Waals surface area (Å²) in [4.78, 5) is 24.3. The standard InChI is InChI=1S/C17H22N2O2/c1-12-5-2-3-7-14(12)17(8-9-17)16(21)19-11-13-6-4-10-18-15(13)20/h2-3,5,7,13H,4,6,8-11H2,1H3,(H,18,20)(H,19,21). The van der Waals surface area contributed by atoms with Crippen LogP contribution in [-0.4, -0.2) is 24.9 Å². The zero-order chi connectivity index (χ0) is 14.9. The molecule has 1 aromatic rings. The number of hydrogen-bond acceptors (Lipinski definition) is 2. The lowest BCUT2D eigenvalue weighted by molar-refractivity contribution is -0.127. The minimum atomic E-state index is -0.351. The molecule has 2 amide bonds. The van der Waals surface area contributed by atoms with Gasteiger partial charge in [-0.15, -0.1) is 0 Å². The zero-order valence-corrected chi connectivity index (χ0v) is 12.4. The summed E-state index contributed by atoms with van der Waals surface area (Å²) in [5.74, 6) is 0.0767. The minimum Gasteiger partial charge on any atom is -0.356 e. The fraction of sp³-hybridized carbons (Fsp3) is 0.529. The van der Waals surface area contributed by atoms with E-state index in [0.29, 0.717) is 6.54 Å². The van der Waals surface area contributed by atoms with E-state index in [9.17, 15) is 9.59 Å². The van der Waals surface area contributed by atoms with Crippen molar-refractivity contribution < 1.29 is 9.59 Å². The predicted octanol–water partition coefficient (Wildman–Crippen LogP) is 1.67. The van der Waals surface area contributed by atoms with Crippen LogP contribution in [0.1, 0.15) is 36.8 Å². The SMILES string of the molecule is Cc1ccccc1C1(C(=O)NCC2CCCNC2=O)CC1. The van der Waals surface area contributed by atoms with Crippen LogP contribution in [-0.2, 0) is 15.0 Å². The van der Waals surface area contributed by atoms with Gasteiger partial charge in [0.1, 0.15) is 0 Å². The summed E-state index contributed by atoms with van der Waals surface area (Å²) in [5, 5.41) is 5.87. The van der Waals surface area contributed by atoms with E-state index in [1.807, 2.05) is 12.1 Å². The fourth-order valence-corrected chi connectivity index (χ4v) is 3.27. The molecule has 21 heavy (non-hydrogen) atoms. The van der Waals surface area contributed by atoms with Crippen molar-refractivity contribution in [2.45, 2.75) is 38.0 Å². The molecule has 3 rings (SSSR count). The van der Waals surface area contributed by atoms with Gasteiger partial charge in [0.05, 0.1) is 11.3 Å². The van der Waals surface area contributed by atoms with Crippen molar-refractivity contribution in [2.24, 2.45) is 5.92 Å². The molecule has 0 spiro atoms. The van der Waals surface area contributed by atoms with Gasteiger partial charge in [0.25, 0.3) is 0 Å². The van der Waals surface area contributed by atoms with Gasteiger partial charge in [-0.1, -0.05) is 24.3 Å². The van der Waals surface area contributed by atoms with E-state index in [1.165, 1.54) is 5.56 Å². The third kappa shape index (κ3) is 2.67. The molecule has 1 aliphatic carbocycles. The molecule has 0 aromatic heterocycles. The lowest BCUT2D eigenvalue weighted by atomic mass is 9.90. The second-order valence-electron chi connectivity index (χ2n) is 6.24. The van der Waals surface area contributed by atoms with Crippen LogP contribution in [0.2, 0.25) is 0 Å². The monoisotopic (exact) mass is 286 g/mol. The summed E-state index contributed by atoms with van der Waals surface area (Å²) in [6.45, 7) is 3.27. The van der Waals surface area contributed by atoms with Crippen molar-refractivity contribution in [3.8, 4) is 0 Å². The van der Waals surface area contributed by atoms with Gasteiger partial charge in [0, 0.05) is 13.1 Å². The molecule has 4 heteroatoms. The van der Waals surface area contributed by atoms with E-state index in [2.05, 4.69) is 29.7 Å². The smallest absolute Gasteiger partial charge is 0.230 e. The predicted molar refractivity (Wildman–Crippen MR) is 80.8 cm³/mol. The molecule has 0 radical (unpaired) electrons. The van der Waals surface area contributed by atoms with Gasteiger partial charge in [-0.2, -0.15) is 0 Å². The molecule has 1 heterocycles. The van der Waals surface area contributed by atoms with Crippen LogP contribution in [0.5, 0.6) is 0 Å². The van der Waals surface area contributed by atoms with Gasteiger partial charge in [-0.25, -0.2) is 0 Å². The number of rotatable bonds is 4. The Kier molecular flexibility index (Phi) is 3.70. The maximum absolute atomic E-state index is 12.6. The summed E-state index contributed by atoms with van der Waals surface area (Å²) >= 11 is 0. The number of hydrogen-bond donors (Lipinski definition) is 2. The fourth-order valence-electron chi connectivity index (χ4n) is 3.27. The third-order valence-corrected chi connectivity index (χ3v) is 4.75. The van der Waals surface area contributed by atoms with Crippen LogP contribution in [0.4, 0.5) is 0 Å². The van der Waals surface area contributed by atoms with E-state index in [-0.39, 0.29) is 23.1 Å². The van der Waals surface area contributed by atoms with Crippen molar-refractivity contribution in [3.05, 3.63) is 35.4 Å². The second-order valence-corrected chi connectivity index (χ2v) is 6.24. The zero-order valence-electron chi connectivity index (χ0n) is 12.4. The topological polar surface area (TPSA) is 58.2 Å². The minimum absolute atomic E-state index is 0.0716. The first kappa shape index (κ1) is 14.1. The van der Waals surface area contributed by atoms with Gasteiger partial charge in [-0.05, 0) is 43.7 Å². The Hall–Kier alpha value is -1.84. The summed E-state index contributed by atoms with van der Waals surface area (Å²) in [6, 6.07) is 8.09. The van der Waals surface area contributed by atoms with Crippen LogP contribution in [0.25, 0.3) is 0 Å². The van der Waals surface area contributed by atoms with E-state index < -0.39 is 0 Å².